The van der Waals surface area contributed by atoms with Crippen LogP contribution in [0.2, 0.25) is 0 Å². The van der Waals surface area contributed by atoms with Crippen molar-refractivity contribution >= 4 is 27.8 Å². The van der Waals surface area contributed by atoms with Gasteiger partial charge in [-0.25, -0.2) is 4.98 Å². The summed E-state index contributed by atoms with van der Waals surface area (Å²) in [7, 11) is 2.10. The number of nitrogens with zero attached hydrogens (tertiary/aromatic N) is 4. The summed E-state index contributed by atoms with van der Waals surface area (Å²) in [5, 5.41) is 11.1. The number of rotatable bonds is 3. The lowest BCUT2D eigenvalue weighted by Gasteiger charge is -2.32. The Balaban J connectivity index is 1.90. The summed E-state index contributed by atoms with van der Waals surface area (Å²) < 4.78 is 2.05. The second-order valence-electron chi connectivity index (χ2n) is 6.63. The van der Waals surface area contributed by atoms with Crippen LogP contribution in [-0.2, 0) is 13.2 Å². The summed E-state index contributed by atoms with van der Waals surface area (Å²) in [6.07, 6.45) is 1.91. The maximum atomic E-state index is 12.9. The van der Waals surface area contributed by atoms with Gasteiger partial charge in [-0.1, -0.05) is 0 Å². The lowest BCUT2D eigenvalue weighted by Crippen LogP contribution is -2.45. The zero-order chi connectivity index (χ0) is 17.6. The molecule has 7 heteroatoms. The second kappa shape index (κ2) is 6.16. The van der Waals surface area contributed by atoms with Gasteiger partial charge in [-0.2, -0.15) is 0 Å². The molecule has 0 saturated carbocycles. The van der Waals surface area contributed by atoms with Crippen LogP contribution in [0.15, 0.2) is 23.1 Å². The van der Waals surface area contributed by atoms with Crippen LogP contribution in [0.25, 0.3) is 21.8 Å². The van der Waals surface area contributed by atoms with Crippen LogP contribution in [0, 0.1) is 0 Å². The summed E-state index contributed by atoms with van der Waals surface area (Å²) in [6, 6.07) is 3.89. The Labute approximate surface area is 145 Å². The first kappa shape index (κ1) is 16.1. The molecule has 0 amide bonds. The summed E-state index contributed by atoms with van der Waals surface area (Å²) >= 11 is 0. The van der Waals surface area contributed by atoms with Gasteiger partial charge in [0, 0.05) is 55.4 Å². The molecule has 0 spiro atoms. The average molecular weight is 341 g/mol. The number of aryl methyl sites for hydroxylation is 1. The van der Waals surface area contributed by atoms with E-state index in [0.717, 1.165) is 49.2 Å². The van der Waals surface area contributed by atoms with Gasteiger partial charge in [0.25, 0.3) is 5.56 Å². The molecule has 4 rings (SSSR count). The van der Waals surface area contributed by atoms with Crippen molar-refractivity contribution in [2.24, 2.45) is 0 Å². The van der Waals surface area contributed by atoms with Crippen molar-refractivity contribution in [3.05, 3.63) is 34.2 Å². The van der Waals surface area contributed by atoms with Crippen LogP contribution in [0.3, 0.4) is 0 Å². The zero-order valence-corrected chi connectivity index (χ0v) is 14.6. The Kier molecular flexibility index (Phi) is 3.97. The van der Waals surface area contributed by atoms with Gasteiger partial charge in [0.05, 0.1) is 17.5 Å². The molecule has 0 atom stereocenters. The standard InChI is InChI=1S/C18H23N5O2/c1-3-22-10-12(11-24)15-14(22)5-4-13-16(15)17(25)20-18(19-13)23-8-6-21(2)7-9-23/h4-5,10,24H,3,6-9,11H2,1-2H3,(H,19,20,25). The highest BCUT2D eigenvalue weighted by atomic mass is 16.3. The van der Waals surface area contributed by atoms with Crippen LogP contribution in [-0.4, -0.2) is 57.8 Å². The van der Waals surface area contributed by atoms with Crippen LogP contribution >= 0.6 is 0 Å². The molecule has 1 fully saturated rings. The lowest BCUT2D eigenvalue weighted by molar-refractivity contribution is 0.283. The highest BCUT2D eigenvalue weighted by Crippen LogP contribution is 2.28. The number of likely N-dealkylation sites (N-methyl/N-ethyl adjacent to an activating group) is 1. The topological polar surface area (TPSA) is 77.4 Å². The molecule has 1 aliphatic heterocycles. The molecule has 3 aromatic rings. The van der Waals surface area contributed by atoms with Crippen LogP contribution < -0.4 is 10.5 Å². The van der Waals surface area contributed by atoms with Gasteiger partial charge in [-0.3, -0.25) is 9.78 Å². The zero-order valence-electron chi connectivity index (χ0n) is 14.6. The number of nitrogens with one attached hydrogen (secondary N) is 1. The number of anilines is 1. The number of hydrogen-bond acceptors (Lipinski definition) is 5. The number of piperazine rings is 1. The number of aliphatic hydroxyl groups excluding tert-OH is 1. The van der Waals surface area contributed by atoms with Gasteiger partial charge < -0.3 is 19.5 Å². The first-order valence-corrected chi connectivity index (χ1v) is 8.71. The van der Waals surface area contributed by atoms with E-state index in [2.05, 4.69) is 21.8 Å². The van der Waals surface area contributed by atoms with Crippen molar-refractivity contribution < 1.29 is 5.11 Å². The summed E-state index contributed by atoms with van der Waals surface area (Å²) in [4.78, 5) is 24.9. The van der Waals surface area contributed by atoms with E-state index in [1.54, 1.807) is 0 Å². The molecule has 0 bridgehead atoms. The molecular weight excluding hydrogens is 318 g/mol. The molecular formula is C18H23N5O2. The number of aliphatic hydroxyl groups is 1. The SMILES string of the molecule is CCn1cc(CO)c2c3c(=O)[nH]c(N4CCN(C)CC4)nc3ccc21. The Morgan fingerprint density at radius 2 is 1.96 bits per heavy atom. The van der Waals surface area contributed by atoms with Gasteiger partial charge in [0.15, 0.2) is 0 Å². The van der Waals surface area contributed by atoms with Gasteiger partial charge in [0.1, 0.15) is 0 Å². The Bertz CT molecular complexity index is 982. The molecule has 1 aromatic carbocycles. The van der Waals surface area contributed by atoms with E-state index >= 15 is 0 Å². The van der Waals surface area contributed by atoms with E-state index in [4.69, 9.17) is 4.98 Å². The Morgan fingerprint density at radius 3 is 2.64 bits per heavy atom. The van der Waals surface area contributed by atoms with Gasteiger partial charge in [0.2, 0.25) is 5.95 Å². The smallest absolute Gasteiger partial charge is 0.260 e. The maximum Gasteiger partial charge on any atom is 0.260 e. The minimum Gasteiger partial charge on any atom is -0.392 e. The van der Waals surface area contributed by atoms with Crippen molar-refractivity contribution in [1.29, 1.82) is 0 Å². The summed E-state index contributed by atoms with van der Waals surface area (Å²) in [5.41, 5.74) is 2.25. The molecule has 7 nitrogen and oxygen atoms in total. The van der Waals surface area contributed by atoms with Crippen LogP contribution in [0.4, 0.5) is 5.95 Å². The van der Waals surface area contributed by atoms with Gasteiger partial charge in [-0.05, 0) is 26.1 Å². The van der Waals surface area contributed by atoms with Gasteiger partial charge in [-0.15, -0.1) is 0 Å². The number of aromatic nitrogens is 3. The molecule has 132 valence electrons. The average Bonchev–Trinajstić information content (AvgIpc) is 3.00. The Morgan fingerprint density at radius 1 is 1.20 bits per heavy atom. The van der Waals surface area contributed by atoms with Crippen molar-refractivity contribution in [2.75, 3.05) is 38.1 Å². The monoisotopic (exact) mass is 341 g/mol. The molecule has 3 heterocycles. The van der Waals surface area contributed by atoms with E-state index in [-0.39, 0.29) is 12.2 Å². The fraction of sp³-hybridized carbons (Fsp3) is 0.444. The van der Waals surface area contributed by atoms with E-state index < -0.39 is 0 Å². The predicted octanol–water partition coefficient (Wildman–Crippen LogP) is 1.14. The number of benzene rings is 1. The van der Waals surface area contributed by atoms with Crippen LogP contribution in [0.1, 0.15) is 12.5 Å². The largest absolute Gasteiger partial charge is 0.392 e. The molecule has 2 N–H and O–H groups in total. The van der Waals surface area contributed by atoms with Crippen LogP contribution in [0.5, 0.6) is 0 Å². The molecule has 0 radical (unpaired) electrons. The summed E-state index contributed by atoms with van der Waals surface area (Å²) in [5.74, 6) is 0.630. The van der Waals surface area contributed by atoms with E-state index in [1.165, 1.54) is 0 Å². The quantitative estimate of drug-likeness (QED) is 0.747. The molecule has 2 aromatic heterocycles. The third-order valence-electron chi connectivity index (χ3n) is 5.10. The fourth-order valence-electron chi connectivity index (χ4n) is 3.65. The van der Waals surface area contributed by atoms with Crippen molar-refractivity contribution in [3.8, 4) is 0 Å². The first-order chi connectivity index (χ1) is 12.1. The molecule has 1 aliphatic rings. The highest BCUT2D eigenvalue weighted by molar-refractivity contribution is 6.07. The molecule has 25 heavy (non-hydrogen) atoms. The lowest BCUT2D eigenvalue weighted by atomic mass is 10.1. The van der Waals surface area contributed by atoms with E-state index in [1.807, 2.05) is 29.8 Å². The highest BCUT2D eigenvalue weighted by Gasteiger charge is 2.19. The second-order valence-corrected chi connectivity index (χ2v) is 6.63. The normalized spacial score (nSPS) is 16.2. The maximum absolute atomic E-state index is 12.9. The number of H-pyrrole nitrogens is 1. The van der Waals surface area contributed by atoms with Crippen molar-refractivity contribution in [1.82, 2.24) is 19.4 Å². The number of hydrogen-bond donors (Lipinski definition) is 2. The third-order valence-corrected chi connectivity index (χ3v) is 5.10. The minimum absolute atomic E-state index is 0.0950. The number of fused-ring (bicyclic) bond motifs is 3. The van der Waals surface area contributed by atoms with E-state index in [0.29, 0.717) is 16.9 Å². The molecule has 0 aliphatic carbocycles. The first-order valence-electron chi connectivity index (χ1n) is 8.71. The molecule has 1 saturated heterocycles. The minimum atomic E-state index is -0.145. The fourth-order valence-corrected chi connectivity index (χ4v) is 3.65. The third kappa shape index (κ3) is 2.60. The number of aromatic amines is 1. The van der Waals surface area contributed by atoms with Crippen molar-refractivity contribution in [2.45, 2.75) is 20.1 Å². The van der Waals surface area contributed by atoms with Crippen molar-refractivity contribution in [3.63, 3.8) is 0 Å². The Hall–Kier alpha value is -2.38. The molecule has 0 unspecified atom stereocenters. The van der Waals surface area contributed by atoms with E-state index in [9.17, 15) is 9.90 Å². The van der Waals surface area contributed by atoms with Gasteiger partial charge >= 0.3 is 0 Å². The predicted molar refractivity (Wildman–Crippen MR) is 99.2 cm³/mol. The summed E-state index contributed by atoms with van der Waals surface area (Å²) in [6.45, 7) is 6.34.